The number of carbonyl (C=O) groups excluding carboxylic acids is 2. The highest BCUT2D eigenvalue weighted by molar-refractivity contribution is 9.10. The van der Waals surface area contributed by atoms with Gasteiger partial charge in [-0.25, -0.2) is 4.79 Å². The number of amides is 1. The summed E-state index contributed by atoms with van der Waals surface area (Å²) in [4.78, 5) is 22.8. The smallest absolute Gasteiger partial charge is 0.338 e. The van der Waals surface area contributed by atoms with E-state index in [1.807, 2.05) is 13.8 Å². The Morgan fingerprint density at radius 1 is 1.29 bits per heavy atom. The number of hydrogen-bond donors (Lipinski definition) is 1. The van der Waals surface area contributed by atoms with Gasteiger partial charge in [0.05, 0.1) is 5.56 Å². The Kier molecular flexibility index (Phi) is 5.15. The van der Waals surface area contributed by atoms with Crippen LogP contribution in [0.25, 0.3) is 0 Å². The Morgan fingerprint density at radius 2 is 1.88 bits per heavy atom. The maximum atomic E-state index is 11.5. The molecule has 0 radical (unpaired) electrons. The van der Waals surface area contributed by atoms with Crippen LogP contribution in [0.2, 0.25) is 0 Å². The van der Waals surface area contributed by atoms with Crippen molar-refractivity contribution in [2.75, 3.05) is 6.61 Å². The van der Waals surface area contributed by atoms with Gasteiger partial charge < -0.3 is 10.1 Å². The van der Waals surface area contributed by atoms with Crippen molar-refractivity contribution in [2.45, 2.75) is 19.9 Å². The first-order chi connectivity index (χ1) is 7.99. The van der Waals surface area contributed by atoms with Crippen LogP contribution < -0.4 is 5.32 Å². The van der Waals surface area contributed by atoms with E-state index in [4.69, 9.17) is 4.74 Å². The lowest BCUT2D eigenvalue weighted by atomic mass is 10.2. The Labute approximate surface area is 108 Å². The normalized spacial score (nSPS) is 10.1. The van der Waals surface area contributed by atoms with Crippen LogP contribution in [-0.4, -0.2) is 24.5 Å². The van der Waals surface area contributed by atoms with Crippen LogP contribution in [0.15, 0.2) is 28.7 Å². The van der Waals surface area contributed by atoms with Gasteiger partial charge in [-0.05, 0) is 38.1 Å². The van der Waals surface area contributed by atoms with E-state index in [1.54, 1.807) is 24.3 Å². The van der Waals surface area contributed by atoms with Crippen molar-refractivity contribution >= 4 is 27.8 Å². The van der Waals surface area contributed by atoms with Crippen molar-refractivity contribution in [1.29, 1.82) is 0 Å². The Hall–Kier alpha value is -1.36. The topological polar surface area (TPSA) is 55.4 Å². The van der Waals surface area contributed by atoms with E-state index >= 15 is 0 Å². The van der Waals surface area contributed by atoms with Gasteiger partial charge in [-0.3, -0.25) is 4.79 Å². The second-order valence-corrected chi connectivity index (χ2v) is 4.72. The Morgan fingerprint density at radius 3 is 2.41 bits per heavy atom. The second kappa shape index (κ2) is 6.39. The number of halogens is 1. The van der Waals surface area contributed by atoms with Crippen molar-refractivity contribution < 1.29 is 14.3 Å². The minimum absolute atomic E-state index is 0.0360. The predicted molar refractivity (Wildman–Crippen MR) is 67.7 cm³/mol. The molecule has 1 aromatic rings. The van der Waals surface area contributed by atoms with Gasteiger partial charge in [0.15, 0.2) is 6.61 Å². The number of ether oxygens (including phenoxy) is 1. The van der Waals surface area contributed by atoms with Gasteiger partial charge in [0, 0.05) is 10.5 Å². The van der Waals surface area contributed by atoms with Crippen LogP contribution in [0.3, 0.4) is 0 Å². The van der Waals surface area contributed by atoms with Crippen molar-refractivity contribution in [3.8, 4) is 0 Å². The zero-order valence-electron chi connectivity index (χ0n) is 9.70. The monoisotopic (exact) mass is 299 g/mol. The van der Waals surface area contributed by atoms with Gasteiger partial charge in [0.1, 0.15) is 0 Å². The molecule has 1 amide bonds. The third-order valence-corrected chi connectivity index (χ3v) is 2.39. The summed E-state index contributed by atoms with van der Waals surface area (Å²) >= 11 is 3.27. The van der Waals surface area contributed by atoms with Gasteiger partial charge in [0.2, 0.25) is 0 Å². The largest absolute Gasteiger partial charge is 0.452 e. The molecular weight excluding hydrogens is 286 g/mol. The Bertz CT molecular complexity index is 401. The molecule has 5 heteroatoms. The molecule has 0 heterocycles. The molecule has 0 aliphatic heterocycles. The molecule has 1 aromatic carbocycles. The minimum atomic E-state index is -0.503. The molecular formula is C12H14BrNO3. The summed E-state index contributed by atoms with van der Waals surface area (Å²) in [5.74, 6) is -0.804. The fraction of sp³-hybridized carbons (Fsp3) is 0.333. The van der Waals surface area contributed by atoms with Gasteiger partial charge in [-0.15, -0.1) is 0 Å². The number of benzene rings is 1. The highest BCUT2D eigenvalue weighted by Gasteiger charge is 2.10. The summed E-state index contributed by atoms with van der Waals surface area (Å²) < 4.78 is 5.75. The van der Waals surface area contributed by atoms with E-state index in [9.17, 15) is 9.59 Å². The minimum Gasteiger partial charge on any atom is -0.452 e. The third kappa shape index (κ3) is 4.99. The summed E-state index contributed by atoms with van der Waals surface area (Å²) in [5, 5.41) is 2.64. The van der Waals surface area contributed by atoms with Crippen LogP contribution in [0.4, 0.5) is 0 Å². The van der Waals surface area contributed by atoms with Gasteiger partial charge in [-0.2, -0.15) is 0 Å². The van der Waals surface area contributed by atoms with Crippen molar-refractivity contribution in [3.05, 3.63) is 34.3 Å². The van der Waals surface area contributed by atoms with E-state index in [0.29, 0.717) is 5.56 Å². The van der Waals surface area contributed by atoms with Crippen LogP contribution >= 0.6 is 15.9 Å². The second-order valence-electron chi connectivity index (χ2n) is 3.81. The van der Waals surface area contributed by atoms with Crippen molar-refractivity contribution in [2.24, 2.45) is 0 Å². The third-order valence-electron chi connectivity index (χ3n) is 1.86. The standard InChI is InChI=1S/C12H14BrNO3/c1-8(2)14-11(15)7-17-12(16)9-3-5-10(13)6-4-9/h3-6,8H,7H2,1-2H3,(H,14,15). The maximum absolute atomic E-state index is 11.5. The van der Waals surface area contributed by atoms with Crippen LogP contribution in [0, 0.1) is 0 Å². The van der Waals surface area contributed by atoms with Crippen molar-refractivity contribution in [1.82, 2.24) is 5.32 Å². The number of nitrogens with one attached hydrogen (secondary N) is 1. The first kappa shape index (κ1) is 13.7. The molecule has 0 aliphatic carbocycles. The van der Waals surface area contributed by atoms with E-state index in [1.165, 1.54) is 0 Å². The SMILES string of the molecule is CC(C)NC(=O)COC(=O)c1ccc(Br)cc1. The lowest BCUT2D eigenvalue weighted by molar-refractivity contribution is -0.124. The zero-order valence-corrected chi connectivity index (χ0v) is 11.3. The number of carbonyl (C=O) groups is 2. The maximum Gasteiger partial charge on any atom is 0.338 e. The molecule has 4 nitrogen and oxygen atoms in total. The molecule has 1 N–H and O–H groups in total. The molecule has 0 saturated heterocycles. The molecule has 0 saturated carbocycles. The summed E-state index contributed by atoms with van der Waals surface area (Å²) in [6.45, 7) is 3.43. The molecule has 17 heavy (non-hydrogen) atoms. The first-order valence-corrected chi connectivity index (χ1v) is 6.00. The van der Waals surface area contributed by atoms with E-state index in [-0.39, 0.29) is 18.6 Å². The molecule has 0 aliphatic rings. The molecule has 0 unspecified atom stereocenters. The predicted octanol–water partition coefficient (Wildman–Crippen LogP) is 2.13. The quantitative estimate of drug-likeness (QED) is 0.867. The fourth-order valence-electron chi connectivity index (χ4n) is 1.16. The Balaban J connectivity index is 2.45. The highest BCUT2D eigenvalue weighted by atomic mass is 79.9. The first-order valence-electron chi connectivity index (χ1n) is 5.21. The molecule has 0 fully saturated rings. The summed E-state index contributed by atoms with van der Waals surface area (Å²) in [5.41, 5.74) is 0.422. The van der Waals surface area contributed by atoms with E-state index < -0.39 is 5.97 Å². The summed E-state index contributed by atoms with van der Waals surface area (Å²) in [7, 11) is 0. The number of esters is 1. The van der Waals surface area contributed by atoms with Crippen LogP contribution in [0.1, 0.15) is 24.2 Å². The van der Waals surface area contributed by atoms with E-state index in [0.717, 1.165) is 4.47 Å². The molecule has 0 bridgehead atoms. The summed E-state index contributed by atoms with van der Waals surface area (Å²) in [6.07, 6.45) is 0. The van der Waals surface area contributed by atoms with Gasteiger partial charge in [0.25, 0.3) is 5.91 Å². The average molecular weight is 300 g/mol. The molecule has 0 aromatic heterocycles. The lowest BCUT2D eigenvalue weighted by Gasteiger charge is -2.08. The van der Waals surface area contributed by atoms with E-state index in [2.05, 4.69) is 21.2 Å². The molecule has 92 valence electrons. The van der Waals surface area contributed by atoms with Crippen LogP contribution in [0.5, 0.6) is 0 Å². The zero-order chi connectivity index (χ0) is 12.8. The summed E-state index contributed by atoms with van der Waals surface area (Å²) in [6, 6.07) is 6.78. The van der Waals surface area contributed by atoms with Gasteiger partial charge in [-0.1, -0.05) is 15.9 Å². The number of hydrogen-bond acceptors (Lipinski definition) is 3. The molecule has 0 spiro atoms. The molecule has 1 rings (SSSR count). The number of rotatable bonds is 4. The van der Waals surface area contributed by atoms with Crippen LogP contribution in [-0.2, 0) is 9.53 Å². The highest BCUT2D eigenvalue weighted by Crippen LogP contribution is 2.11. The average Bonchev–Trinajstić information content (AvgIpc) is 2.26. The fourth-order valence-corrected chi connectivity index (χ4v) is 1.43. The molecule has 0 atom stereocenters. The van der Waals surface area contributed by atoms with Gasteiger partial charge >= 0.3 is 5.97 Å². The van der Waals surface area contributed by atoms with Crippen molar-refractivity contribution in [3.63, 3.8) is 0 Å². The lowest BCUT2D eigenvalue weighted by Crippen LogP contribution is -2.33.